The van der Waals surface area contributed by atoms with Crippen molar-refractivity contribution in [1.82, 2.24) is 4.90 Å². The lowest BCUT2D eigenvalue weighted by Gasteiger charge is -2.24. The molecular weight excluding hydrogens is 377 g/mol. The molecule has 1 unspecified atom stereocenters. The molecular formula is C26H22FNO2. The Bertz CT molecular complexity index is 1060. The van der Waals surface area contributed by atoms with Crippen LogP contribution in [0.5, 0.6) is 0 Å². The lowest BCUT2D eigenvalue weighted by atomic mass is 9.98. The van der Waals surface area contributed by atoms with Gasteiger partial charge in [-0.15, -0.1) is 6.42 Å². The summed E-state index contributed by atoms with van der Waals surface area (Å²) >= 11 is 0. The van der Waals surface area contributed by atoms with E-state index in [-0.39, 0.29) is 18.3 Å². The first-order valence-corrected chi connectivity index (χ1v) is 9.87. The average Bonchev–Trinajstić information content (AvgIpc) is 3.10. The van der Waals surface area contributed by atoms with Gasteiger partial charge in [0.2, 0.25) is 0 Å². The number of ether oxygens (including phenoxy) is 1. The maximum atomic E-state index is 13.1. The summed E-state index contributed by atoms with van der Waals surface area (Å²) in [5, 5.41) is 0. The first kappa shape index (κ1) is 19.7. The molecule has 0 fully saturated rings. The van der Waals surface area contributed by atoms with Crippen LogP contribution in [0.3, 0.4) is 0 Å². The minimum Gasteiger partial charge on any atom is -0.448 e. The van der Waals surface area contributed by atoms with Crippen LogP contribution in [-0.4, -0.2) is 30.7 Å². The minimum absolute atomic E-state index is 0.00358. The first-order valence-electron chi connectivity index (χ1n) is 9.87. The van der Waals surface area contributed by atoms with Crippen LogP contribution < -0.4 is 0 Å². The Kier molecular flexibility index (Phi) is 5.54. The van der Waals surface area contributed by atoms with E-state index in [4.69, 9.17) is 11.2 Å². The Labute approximate surface area is 176 Å². The molecule has 3 aromatic rings. The molecule has 0 radical (unpaired) electrons. The Morgan fingerprint density at radius 1 is 1.03 bits per heavy atom. The molecule has 0 aromatic heterocycles. The molecule has 30 heavy (non-hydrogen) atoms. The van der Waals surface area contributed by atoms with Crippen LogP contribution in [0.4, 0.5) is 9.18 Å². The van der Waals surface area contributed by atoms with Gasteiger partial charge in [0, 0.05) is 19.4 Å². The van der Waals surface area contributed by atoms with Crippen LogP contribution in [0.25, 0.3) is 11.1 Å². The Hall–Kier alpha value is -3.58. The van der Waals surface area contributed by atoms with Gasteiger partial charge in [0.25, 0.3) is 0 Å². The zero-order chi connectivity index (χ0) is 21.1. The predicted molar refractivity (Wildman–Crippen MR) is 116 cm³/mol. The molecule has 0 aliphatic heterocycles. The molecule has 1 aliphatic rings. The molecule has 1 aliphatic carbocycles. The van der Waals surface area contributed by atoms with Crippen LogP contribution in [0, 0.1) is 18.2 Å². The van der Waals surface area contributed by atoms with Gasteiger partial charge in [-0.1, -0.05) is 66.6 Å². The maximum absolute atomic E-state index is 13.1. The van der Waals surface area contributed by atoms with Gasteiger partial charge in [-0.25, -0.2) is 9.18 Å². The second kappa shape index (κ2) is 8.42. The molecule has 4 heteroatoms. The van der Waals surface area contributed by atoms with E-state index in [0.717, 1.165) is 16.7 Å². The third-order valence-electron chi connectivity index (χ3n) is 5.63. The van der Waals surface area contributed by atoms with Gasteiger partial charge in [0.1, 0.15) is 12.4 Å². The number of likely N-dealkylation sites (N-methyl/N-ethyl adjacent to an activating group) is 1. The van der Waals surface area contributed by atoms with Crippen molar-refractivity contribution >= 4 is 6.09 Å². The molecule has 0 bridgehead atoms. The molecule has 0 saturated carbocycles. The number of carbonyl (C=O) groups excluding carboxylic acids is 1. The maximum Gasteiger partial charge on any atom is 0.410 e. The van der Waals surface area contributed by atoms with E-state index in [1.807, 2.05) is 24.3 Å². The van der Waals surface area contributed by atoms with Crippen molar-refractivity contribution in [2.24, 2.45) is 0 Å². The molecule has 3 aromatic carbocycles. The average molecular weight is 399 g/mol. The van der Waals surface area contributed by atoms with Gasteiger partial charge in [-0.2, -0.15) is 0 Å². The third kappa shape index (κ3) is 3.79. The van der Waals surface area contributed by atoms with E-state index in [1.165, 1.54) is 28.2 Å². The molecule has 0 spiro atoms. The predicted octanol–water partition coefficient (Wildman–Crippen LogP) is 5.25. The standard InChI is InChI=1S/C26H22FNO2/c1-3-20(16-18-12-14-19(27)15-13-18)28(2)26(29)30-17-25-23-10-6-4-8-21(23)22-9-5-7-11-24(22)25/h1,4-15,20,25H,16-17H2,2H3. The molecule has 1 atom stereocenters. The number of amides is 1. The van der Waals surface area contributed by atoms with Gasteiger partial charge in [-0.3, -0.25) is 4.90 Å². The molecule has 0 N–H and O–H groups in total. The van der Waals surface area contributed by atoms with Crippen LogP contribution in [0.15, 0.2) is 72.8 Å². The summed E-state index contributed by atoms with van der Waals surface area (Å²) in [6.07, 6.45) is 5.62. The highest BCUT2D eigenvalue weighted by Gasteiger charge is 2.30. The quantitative estimate of drug-likeness (QED) is 0.549. The van der Waals surface area contributed by atoms with Crippen molar-refractivity contribution in [3.05, 3.63) is 95.3 Å². The number of hydrogen-bond acceptors (Lipinski definition) is 2. The van der Waals surface area contributed by atoms with Gasteiger partial charge in [0.15, 0.2) is 0 Å². The summed E-state index contributed by atoms with van der Waals surface area (Å²) in [4.78, 5) is 14.1. The van der Waals surface area contributed by atoms with Crippen molar-refractivity contribution in [2.75, 3.05) is 13.7 Å². The fourth-order valence-corrected chi connectivity index (χ4v) is 3.97. The van der Waals surface area contributed by atoms with Crippen LogP contribution in [0.1, 0.15) is 22.6 Å². The zero-order valence-electron chi connectivity index (χ0n) is 16.7. The highest BCUT2D eigenvalue weighted by Crippen LogP contribution is 2.44. The highest BCUT2D eigenvalue weighted by atomic mass is 19.1. The van der Waals surface area contributed by atoms with Crippen molar-refractivity contribution < 1.29 is 13.9 Å². The molecule has 4 rings (SSSR count). The van der Waals surface area contributed by atoms with Crippen molar-refractivity contribution in [3.8, 4) is 23.5 Å². The Morgan fingerprint density at radius 3 is 2.17 bits per heavy atom. The van der Waals surface area contributed by atoms with Crippen LogP contribution in [-0.2, 0) is 11.2 Å². The van der Waals surface area contributed by atoms with E-state index in [1.54, 1.807) is 19.2 Å². The first-order chi connectivity index (χ1) is 14.6. The number of rotatable bonds is 5. The zero-order valence-corrected chi connectivity index (χ0v) is 16.7. The molecule has 1 amide bonds. The summed E-state index contributed by atoms with van der Waals surface area (Å²) in [6, 6.07) is 22.0. The van der Waals surface area contributed by atoms with Crippen molar-refractivity contribution in [3.63, 3.8) is 0 Å². The van der Waals surface area contributed by atoms with Crippen molar-refractivity contribution in [1.29, 1.82) is 0 Å². The summed E-state index contributed by atoms with van der Waals surface area (Å²) in [5.41, 5.74) is 5.54. The van der Waals surface area contributed by atoms with Crippen molar-refractivity contribution in [2.45, 2.75) is 18.4 Å². The second-order valence-electron chi connectivity index (χ2n) is 7.43. The SMILES string of the molecule is C#CC(Cc1ccc(F)cc1)N(C)C(=O)OCC1c2ccccc2-c2ccccc21. The van der Waals surface area contributed by atoms with E-state index in [2.05, 4.69) is 30.2 Å². The smallest absolute Gasteiger partial charge is 0.410 e. The number of terminal acetylenes is 1. The molecule has 150 valence electrons. The normalized spacial score (nSPS) is 13.1. The number of nitrogens with zero attached hydrogens (tertiary/aromatic N) is 1. The van der Waals surface area contributed by atoms with E-state index < -0.39 is 12.1 Å². The summed E-state index contributed by atoms with van der Waals surface area (Å²) in [5.74, 6) is 2.33. The number of hydrogen-bond donors (Lipinski definition) is 0. The highest BCUT2D eigenvalue weighted by molar-refractivity contribution is 5.79. The fourth-order valence-electron chi connectivity index (χ4n) is 3.97. The lowest BCUT2D eigenvalue weighted by molar-refractivity contribution is 0.102. The topological polar surface area (TPSA) is 29.5 Å². The lowest BCUT2D eigenvalue weighted by Crippen LogP contribution is -2.38. The summed E-state index contributed by atoms with van der Waals surface area (Å²) < 4.78 is 18.8. The van der Waals surface area contributed by atoms with E-state index in [0.29, 0.717) is 6.42 Å². The van der Waals surface area contributed by atoms with Crippen LogP contribution in [0.2, 0.25) is 0 Å². The number of benzene rings is 3. The third-order valence-corrected chi connectivity index (χ3v) is 5.63. The largest absolute Gasteiger partial charge is 0.448 e. The fraction of sp³-hybridized carbons (Fsp3) is 0.192. The van der Waals surface area contributed by atoms with Gasteiger partial charge in [0.05, 0.1) is 6.04 Å². The second-order valence-corrected chi connectivity index (χ2v) is 7.43. The molecule has 0 heterocycles. The number of halogens is 1. The Morgan fingerprint density at radius 2 is 1.60 bits per heavy atom. The van der Waals surface area contributed by atoms with Gasteiger partial charge in [-0.05, 0) is 39.9 Å². The van der Waals surface area contributed by atoms with E-state index in [9.17, 15) is 9.18 Å². The molecule has 0 saturated heterocycles. The van der Waals surface area contributed by atoms with E-state index >= 15 is 0 Å². The summed E-state index contributed by atoms with van der Waals surface area (Å²) in [7, 11) is 1.63. The molecule has 3 nitrogen and oxygen atoms in total. The number of fused-ring (bicyclic) bond motifs is 3. The monoisotopic (exact) mass is 399 g/mol. The number of carbonyl (C=O) groups is 1. The van der Waals surface area contributed by atoms with Gasteiger partial charge >= 0.3 is 6.09 Å². The minimum atomic E-state index is -0.480. The summed E-state index contributed by atoms with van der Waals surface area (Å²) in [6.45, 7) is 0.241. The van der Waals surface area contributed by atoms with Gasteiger partial charge < -0.3 is 4.74 Å². The Balaban J connectivity index is 1.45. The van der Waals surface area contributed by atoms with Crippen LogP contribution >= 0.6 is 0 Å².